The minimum absolute atomic E-state index is 0.0342. The van der Waals surface area contributed by atoms with E-state index in [0.717, 1.165) is 68.9 Å². The zero-order chi connectivity index (χ0) is 27.3. The molecule has 0 atom stereocenters. The Hall–Kier alpha value is -2.50. The molecule has 2 aliphatic rings. The Bertz CT molecular complexity index is 1130. The summed E-state index contributed by atoms with van der Waals surface area (Å²) in [7, 11) is 0. The number of hydrogen-bond acceptors (Lipinski definition) is 2. The molecule has 1 heterocycles. The monoisotopic (exact) mass is 538 g/mol. The van der Waals surface area contributed by atoms with Crippen LogP contribution in [0.5, 0.6) is 0 Å². The van der Waals surface area contributed by atoms with Gasteiger partial charge in [-0.05, 0) is 67.3 Å². The third kappa shape index (κ3) is 7.33. The molecule has 206 valence electrons. The van der Waals surface area contributed by atoms with Crippen molar-refractivity contribution in [1.29, 1.82) is 0 Å². The summed E-state index contributed by atoms with van der Waals surface area (Å²) in [4.78, 5) is 0. The van der Waals surface area contributed by atoms with Crippen LogP contribution in [0.4, 0.5) is 26.3 Å². The summed E-state index contributed by atoms with van der Waals surface area (Å²) >= 11 is 0. The van der Waals surface area contributed by atoms with E-state index in [1.807, 2.05) is 0 Å². The lowest BCUT2D eigenvalue weighted by Crippen LogP contribution is -2.38. The lowest BCUT2D eigenvalue weighted by Gasteiger charge is -2.37. The van der Waals surface area contributed by atoms with Crippen molar-refractivity contribution < 1.29 is 35.8 Å². The first-order valence-electron chi connectivity index (χ1n) is 13.3. The van der Waals surface area contributed by atoms with Gasteiger partial charge in [0.2, 0.25) is 0 Å². The fraction of sp³-hybridized carbons (Fsp3) is 0.533. The van der Waals surface area contributed by atoms with Crippen LogP contribution in [0.3, 0.4) is 0 Å². The topological polar surface area (TPSA) is 18.5 Å². The highest BCUT2D eigenvalue weighted by molar-refractivity contribution is 5.66. The van der Waals surface area contributed by atoms with Crippen LogP contribution in [-0.2, 0) is 9.47 Å². The second-order valence-corrected chi connectivity index (χ2v) is 10.3. The quantitative estimate of drug-likeness (QED) is 0.200. The van der Waals surface area contributed by atoms with Gasteiger partial charge in [0.15, 0.2) is 6.29 Å². The van der Waals surface area contributed by atoms with Crippen LogP contribution >= 0.6 is 0 Å². The average Bonchev–Trinajstić information content (AvgIpc) is 2.88. The maximum Gasteiger partial charge on any atom is 0.458 e. The Labute approximate surface area is 219 Å². The Morgan fingerprint density at radius 2 is 1.53 bits per heavy atom. The van der Waals surface area contributed by atoms with Crippen molar-refractivity contribution in [2.75, 3.05) is 13.2 Å². The minimum atomic E-state index is -4.88. The normalized spacial score (nSPS) is 24.1. The van der Waals surface area contributed by atoms with E-state index < -0.39 is 29.2 Å². The lowest BCUT2D eigenvalue weighted by atomic mass is 9.78. The predicted octanol–water partition coefficient (Wildman–Crippen LogP) is 8.53. The number of hydrogen-bond donors (Lipinski definition) is 0. The molecule has 0 N–H and O–H groups in total. The van der Waals surface area contributed by atoms with Gasteiger partial charge in [-0.3, -0.25) is 0 Å². The van der Waals surface area contributed by atoms with Crippen LogP contribution in [0.2, 0.25) is 0 Å². The van der Waals surface area contributed by atoms with Crippen LogP contribution < -0.4 is 0 Å². The molecule has 0 amide bonds. The molecule has 1 saturated carbocycles. The molecule has 1 aliphatic heterocycles. The van der Waals surface area contributed by atoms with Gasteiger partial charge in [-0.1, -0.05) is 44.2 Å². The van der Waals surface area contributed by atoms with Gasteiger partial charge >= 0.3 is 6.18 Å². The molecular formula is C30H32F6O2. The van der Waals surface area contributed by atoms with Crippen molar-refractivity contribution in [3.63, 3.8) is 0 Å². The van der Waals surface area contributed by atoms with Crippen molar-refractivity contribution >= 4 is 0 Å². The molecule has 2 aromatic rings. The number of halogens is 6. The summed E-state index contributed by atoms with van der Waals surface area (Å²) in [6.45, 7) is 3.66. The lowest BCUT2D eigenvalue weighted by molar-refractivity contribution is -0.229. The zero-order valence-electron chi connectivity index (χ0n) is 21.4. The number of ether oxygens (including phenoxy) is 2. The summed E-state index contributed by atoms with van der Waals surface area (Å²) in [5.74, 6) is 0.0214. The van der Waals surface area contributed by atoms with Crippen LogP contribution in [-0.4, -0.2) is 25.7 Å². The summed E-state index contributed by atoms with van der Waals surface area (Å²) in [6.07, 6.45) is 3.18. The molecule has 4 rings (SSSR count). The molecule has 38 heavy (non-hydrogen) atoms. The third-order valence-corrected chi connectivity index (χ3v) is 7.51. The Balaban J connectivity index is 1.36. The fourth-order valence-corrected chi connectivity index (χ4v) is 5.41. The second kappa shape index (κ2) is 12.6. The standard InChI is InChI=1S/C30H32F6O2/c1-2-3-4-5-19-17-37-29(38-18-19)21-8-6-20(7-9-21)22-10-11-24(26(31)14-22)23-15-27(32)25(28(33)16-23)12-13-30(34,35)36/h10-11,14-16,19-21,29H,2-9,17-18H2,1H3. The summed E-state index contributed by atoms with van der Waals surface area (Å²) in [6, 6.07) is 6.17. The predicted molar refractivity (Wildman–Crippen MR) is 133 cm³/mol. The van der Waals surface area contributed by atoms with E-state index in [1.165, 1.54) is 37.3 Å². The maximum absolute atomic E-state index is 15.0. The first kappa shape index (κ1) is 28.5. The Morgan fingerprint density at radius 3 is 2.11 bits per heavy atom. The fourth-order valence-electron chi connectivity index (χ4n) is 5.41. The molecule has 0 bridgehead atoms. The van der Waals surface area contributed by atoms with Gasteiger partial charge in [0.25, 0.3) is 0 Å². The van der Waals surface area contributed by atoms with Gasteiger partial charge in [0.05, 0.1) is 18.8 Å². The molecule has 1 aliphatic carbocycles. The molecule has 2 nitrogen and oxygen atoms in total. The van der Waals surface area contributed by atoms with Crippen LogP contribution in [0.25, 0.3) is 11.1 Å². The first-order valence-corrected chi connectivity index (χ1v) is 13.3. The van der Waals surface area contributed by atoms with Gasteiger partial charge in [-0.15, -0.1) is 0 Å². The smallest absolute Gasteiger partial charge is 0.352 e. The van der Waals surface area contributed by atoms with Gasteiger partial charge in [0, 0.05) is 23.3 Å². The van der Waals surface area contributed by atoms with Crippen molar-refractivity contribution in [2.45, 2.75) is 76.7 Å². The van der Waals surface area contributed by atoms with Crippen molar-refractivity contribution in [3.05, 3.63) is 58.9 Å². The van der Waals surface area contributed by atoms with Gasteiger partial charge in [-0.2, -0.15) is 13.2 Å². The van der Waals surface area contributed by atoms with Crippen molar-refractivity contribution in [3.8, 4) is 23.0 Å². The van der Waals surface area contributed by atoms with Crippen molar-refractivity contribution in [2.24, 2.45) is 11.8 Å². The maximum atomic E-state index is 15.0. The summed E-state index contributed by atoms with van der Waals surface area (Å²) in [5.41, 5.74) is -0.337. The highest BCUT2D eigenvalue weighted by atomic mass is 19.4. The molecular weight excluding hydrogens is 506 g/mol. The van der Waals surface area contributed by atoms with E-state index >= 15 is 4.39 Å². The van der Waals surface area contributed by atoms with E-state index in [1.54, 1.807) is 6.07 Å². The molecule has 2 aromatic carbocycles. The molecule has 0 spiro atoms. The molecule has 8 heteroatoms. The second-order valence-electron chi connectivity index (χ2n) is 10.3. The molecule has 1 saturated heterocycles. The summed E-state index contributed by atoms with van der Waals surface area (Å²) < 4.78 is 92.6. The van der Waals surface area contributed by atoms with Crippen molar-refractivity contribution in [1.82, 2.24) is 0 Å². The van der Waals surface area contributed by atoms with E-state index in [0.29, 0.717) is 11.8 Å². The molecule has 0 radical (unpaired) electrons. The molecule has 0 unspecified atom stereocenters. The van der Waals surface area contributed by atoms with Gasteiger partial charge < -0.3 is 9.47 Å². The Morgan fingerprint density at radius 1 is 0.868 bits per heavy atom. The average molecular weight is 539 g/mol. The number of unbranched alkanes of at least 4 members (excludes halogenated alkanes) is 2. The van der Waals surface area contributed by atoms with Crippen LogP contribution in [0.1, 0.15) is 75.3 Å². The van der Waals surface area contributed by atoms with Gasteiger partial charge in [-0.25, -0.2) is 13.2 Å². The highest BCUT2D eigenvalue weighted by Gasteiger charge is 2.33. The van der Waals surface area contributed by atoms with Gasteiger partial charge in [0.1, 0.15) is 17.5 Å². The SMILES string of the molecule is CCCCCC1COC(C2CCC(c3ccc(-c4cc(F)c(C#CC(F)(F)F)c(F)c4)c(F)c3)CC2)OC1. The number of alkyl halides is 3. The number of rotatable bonds is 7. The zero-order valence-corrected chi connectivity index (χ0v) is 21.4. The first-order chi connectivity index (χ1) is 18.1. The van der Waals surface area contributed by atoms with E-state index in [4.69, 9.17) is 9.47 Å². The largest absolute Gasteiger partial charge is 0.458 e. The third-order valence-electron chi connectivity index (χ3n) is 7.51. The van der Waals surface area contributed by atoms with Crippen LogP contribution in [0.15, 0.2) is 30.3 Å². The summed E-state index contributed by atoms with van der Waals surface area (Å²) in [5, 5.41) is 0. The molecule has 0 aromatic heterocycles. The minimum Gasteiger partial charge on any atom is -0.352 e. The Kier molecular flexibility index (Phi) is 9.43. The number of benzene rings is 2. The van der Waals surface area contributed by atoms with Crippen LogP contribution in [0, 0.1) is 41.1 Å². The van der Waals surface area contributed by atoms with E-state index in [9.17, 15) is 22.0 Å². The highest BCUT2D eigenvalue weighted by Crippen LogP contribution is 2.40. The van der Waals surface area contributed by atoms with E-state index in [2.05, 4.69) is 6.92 Å². The van der Waals surface area contributed by atoms with E-state index in [-0.39, 0.29) is 23.3 Å². The molecule has 2 fully saturated rings.